The molecule has 0 saturated carbocycles. The number of rotatable bonds is 3. The van der Waals surface area contributed by atoms with E-state index >= 15 is 0 Å². The molecule has 0 atom stereocenters. The van der Waals surface area contributed by atoms with Crippen LogP contribution in [0.5, 0.6) is 0 Å². The highest BCUT2D eigenvalue weighted by Gasteiger charge is 2.09. The van der Waals surface area contributed by atoms with Crippen molar-refractivity contribution in [2.75, 3.05) is 13.2 Å². The second-order valence-corrected chi connectivity index (χ2v) is 2.40. The van der Waals surface area contributed by atoms with Crippen LogP contribution in [0.4, 0.5) is 0 Å². The van der Waals surface area contributed by atoms with E-state index in [0.29, 0.717) is 31.0 Å². The maximum Gasteiger partial charge on any atom is 0.331 e. The highest BCUT2D eigenvalue weighted by molar-refractivity contribution is 5.98. The first-order valence-corrected chi connectivity index (χ1v) is 3.85. The number of aliphatic carboxylic acids is 1. The number of aliphatic imine (C=N–C) groups is 1. The minimum atomic E-state index is -0.907. The summed E-state index contributed by atoms with van der Waals surface area (Å²) in [6.07, 6.45) is 1.97. The summed E-state index contributed by atoms with van der Waals surface area (Å²) in [4.78, 5) is 14.5. The number of ether oxygens (including phenoxy) is 1. The molecule has 0 aromatic rings. The van der Waals surface area contributed by atoms with Crippen LogP contribution < -0.4 is 0 Å². The van der Waals surface area contributed by atoms with E-state index in [1.165, 1.54) is 6.08 Å². The predicted octanol–water partition coefficient (Wildman–Crippen LogP) is 0.836. The first-order valence-electron chi connectivity index (χ1n) is 3.85. The number of nitrogens with zero attached hydrogens (tertiary/aromatic N) is 1. The lowest BCUT2D eigenvalue weighted by atomic mass is 10.2. The summed E-state index contributed by atoms with van der Waals surface area (Å²) >= 11 is 0. The number of hydrogen-bond donors (Lipinski definition) is 1. The van der Waals surface area contributed by atoms with E-state index in [2.05, 4.69) is 4.99 Å². The molecule has 12 heavy (non-hydrogen) atoms. The topological polar surface area (TPSA) is 58.9 Å². The zero-order valence-corrected chi connectivity index (χ0v) is 6.91. The standard InChI is InChI=1S/C8H11NO3/c1-2-6(8(10)11)5-7-9-3-4-12-7/h5H,2-4H2,1H3,(H,10,11). The molecule has 1 aliphatic heterocycles. The maximum atomic E-state index is 10.5. The Morgan fingerprint density at radius 3 is 3.00 bits per heavy atom. The second kappa shape index (κ2) is 3.90. The number of hydrogen-bond acceptors (Lipinski definition) is 3. The highest BCUT2D eigenvalue weighted by atomic mass is 16.5. The number of carboxylic acid groups (broad SMARTS) is 1. The zero-order valence-electron chi connectivity index (χ0n) is 6.91. The zero-order chi connectivity index (χ0) is 8.97. The molecule has 66 valence electrons. The average Bonchev–Trinajstić information content (AvgIpc) is 2.51. The Morgan fingerprint density at radius 2 is 2.58 bits per heavy atom. The first kappa shape index (κ1) is 8.77. The lowest BCUT2D eigenvalue weighted by Crippen LogP contribution is -2.03. The molecular weight excluding hydrogens is 158 g/mol. The fraction of sp³-hybridized carbons (Fsp3) is 0.500. The van der Waals surface area contributed by atoms with E-state index in [0.717, 1.165) is 0 Å². The van der Waals surface area contributed by atoms with Gasteiger partial charge in [0.25, 0.3) is 0 Å². The van der Waals surface area contributed by atoms with Crippen LogP contribution in [0.2, 0.25) is 0 Å². The van der Waals surface area contributed by atoms with E-state index in [9.17, 15) is 4.79 Å². The Labute approximate surface area is 70.6 Å². The minimum absolute atomic E-state index is 0.329. The number of carbonyl (C=O) groups is 1. The summed E-state index contributed by atoms with van der Waals surface area (Å²) in [5.74, 6) is -0.468. The van der Waals surface area contributed by atoms with E-state index in [-0.39, 0.29) is 0 Å². The van der Waals surface area contributed by atoms with Gasteiger partial charge in [0, 0.05) is 11.6 Å². The van der Waals surface area contributed by atoms with E-state index in [4.69, 9.17) is 9.84 Å². The number of carboxylic acids is 1. The largest absolute Gasteiger partial charge is 0.478 e. The van der Waals surface area contributed by atoms with Crippen molar-refractivity contribution in [1.29, 1.82) is 0 Å². The Kier molecular flexibility index (Phi) is 2.85. The van der Waals surface area contributed by atoms with Gasteiger partial charge in [-0.3, -0.25) is 0 Å². The summed E-state index contributed by atoms with van der Waals surface area (Å²) in [5, 5.41) is 8.65. The third-order valence-corrected chi connectivity index (χ3v) is 1.56. The molecule has 0 aromatic carbocycles. The molecule has 1 rings (SSSR count). The van der Waals surface area contributed by atoms with E-state index < -0.39 is 5.97 Å². The molecule has 0 aromatic heterocycles. The van der Waals surface area contributed by atoms with Crippen LogP contribution in [-0.4, -0.2) is 30.1 Å². The minimum Gasteiger partial charge on any atom is -0.478 e. The second-order valence-electron chi connectivity index (χ2n) is 2.40. The maximum absolute atomic E-state index is 10.5. The third kappa shape index (κ3) is 2.08. The molecular formula is C8H11NO3. The van der Waals surface area contributed by atoms with Crippen molar-refractivity contribution in [3.8, 4) is 0 Å². The van der Waals surface area contributed by atoms with Gasteiger partial charge in [0.1, 0.15) is 6.61 Å². The molecule has 1 N–H and O–H groups in total. The van der Waals surface area contributed by atoms with E-state index in [1.807, 2.05) is 0 Å². The monoisotopic (exact) mass is 169 g/mol. The lowest BCUT2D eigenvalue weighted by Gasteiger charge is -1.97. The fourth-order valence-corrected chi connectivity index (χ4v) is 0.903. The Balaban J connectivity index is 2.69. The molecule has 0 radical (unpaired) electrons. The van der Waals surface area contributed by atoms with Gasteiger partial charge < -0.3 is 9.84 Å². The van der Waals surface area contributed by atoms with Gasteiger partial charge in [0.15, 0.2) is 0 Å². The summed E-state index contributed by atoms with van der Waals surface area (Å²) in [6.45, 7) is 2.97. The molecule has 0 aliphatic carbocycles. The Morgan fingerprint density at radius 1 is 1.83 bits per heavy atom. The molecule has 0 spiro atoms. The van der Waals surface area contributed by atoms with Crippen molar-refractivity contribution in [3.05, 3.63) is 11.6 Å². The SMILES string of the molecule is CCC(=CC1=NCCO1)C(=O)O. The summed E-state index contributed by atoms with van der Waals surface area (Å²) in [6, 6.07) is 0. The molecule has 1 heterocycles. The quantitative estimate of drug-likeness (QED) is 0.637. The van der Waals surface area contributed by atoms with E-state index in [1.54, 1.807) is 6.92 Å². The van der Waals surface area contributed by atoms with Gasteiger partial charge in [-0.1, -0.05) is 6.92 Å². The van der Waals surface area contributed by atoms with Gasteiger partial charge >= 0.3 is 5.97 Å². The molecule has 0 bridgehead atoms. The fourth-order valence-electron chi connectivity index (χ4n) is 0.903. The van der Waals surface area contributed by atoms with Crippen LogP contribution >= 0.6 is 0 Å². The van der Waals surface area contributed by atoms with Crippen molar-refractivity contribution < 1.29 is 14.6 Å². The van der Waals surface area contributed by atoms with Gasteiger partial charge in [-0.25, -0.2) is 9.79 Å². The van der Waals surface area contributed by atoms with Gasteiger partial charge in [0.05, 0.1) is 6.54 Å². The average molecular weight is 169 g/mol. The van der Waals surface area contributed by atoms with Crippen LogP contribution in [0.15, 0.2) is 16.6 Å². The van der Waals surface area contributed by atoms with Crippen LogP contribution in [0.1, 0.15) is 13.3 Å². The third-order valence-electron chi connectivity index (χ3n) is 1.56. The highest BCUT2D eigenvalue weighted by Crippen LogP contribution is 2.04. The molecule has 0 saturated heterocycles. The van der Waals surface area contributed by atoms with Gasteiger partial charge in [-0.15, -0.1) is 0 Å². The van der Waals surface area contributed by atoms with Crippen molar-refractivity contribution in [3.63, 3.8) is 0 Å². The van der Waals surface area contributed by atoms with Crippen molar-refractivity contribution in [1.82, 2.24) is 0 Å². The van der Waals surface area contributed by atoms with Crippen molar-refractivity contribution in [2.24, 2.45) is 4.99 Å². The van der Waals surface area contributed by atoms with Gasteiger partial charge in [0.2, 0.25) is 5.90 Å². The lowest BCUT2D eigenvalue weighted by molar-refractivity contribution is -0.132. The van der Waals surface area contributed by atoms with Crippen molar-refractivity contribution in [2.45, 2.75) is 13.3 Å². The van der Waals surface area contributed by atoms with Gasteiger partial charge in [-0.05, 0) is 6.42 Å². The molecule has 0 unspecified atom stereocenters. The smallest absolute Gasteiger partial charge is 0.331 e. The molecule has 4 heteroatoms. The van der Waals surface area contributed by atoms with Crippen LogP contribution in [0.25, 0.3) is 0 Å². The Bertz CT molecular complexity index is 243. The van der Waals surface area contributed by atoms with Gasteiger partial charge in [-0.2, -0.15) is 0 Å². The van der Waals surface area contributed by atoms with Crippen LogP contribution in [-0.2, 0) is 9.53 Å². The summed E-state index contributed by atoms with van der Waals surface area (Å²) in [7, 11) is 0. The molecule has 4 nitrogen and oxygen atoms in total. The van der Waals surface area contributed by atoms with Crippen molar-refractivity contribution >= 4 is 11.9 Å². The molecule has 0 amide bonds. The normalized spacial score (nSPS) is 17.1. The predicted molar refractivity (Wildman–Crippen MR) is 44.3 cm³/mol. The Hall–Kier alpha value is -1.32. The summed E-state index contributed by atoms with van der Waals surface area (Å²) in [5.41, 5.74) is 0.329. The summed E-state index contributed by atoms with van der Waals surface area (Å²) < 4.78 is 5.05. The van der Waals surface area contributed by atoms with Crippen LogP contribution in [0.3, 0.4) is 0 Å². The first-order chi connectivity index (χ1) is 5.74. The molecule has 1 aliphatic rings. The van der Waals surface area contributed by atoms with Crippen LogP contribution in [0, 0.1) is 0 Å². The molecule has 0 fully saturated rings.